The van der Waals surface area contributed by atoms with Crippen molar-refractivity contribution in [3.8, 4) is 10.4 Å². The highest BCUT2D eigenvalue weighted by Gasteiger charge is 2.14. The Labute approximate surface area is 109 Å². The normalized spacial score (nSPS) is 12.7. The molecule has 0 saturated carbocycles. The zero-order valence-electron chi connectivity index (χ0n) is 10.1. The van der Waals surface area contributed by atoms with Crippen molar-refractivity contribution in [2.75, 3.05) is 0 Å². The van der Waals surface area contributed by atoms with E-state index in [2.05, 4.69) is 6.92 Å². The van der Waals surface area contributed by atoms with Gasteiger partial charge in [0.1, 0.15) is 0 Å². The Kier molecular flexibility index (Phi) is 4.09. The fraction of sp³-hybridized carbons (Fsp3) is 0.286. The SMILES string of the molecule is CCCC(N)c1ccc(-c2cccc(F)c2F)s1. The van der Waals surface area contributed by atoms with Gasteiger partial charge in [-0.05, 0) is 24.6 Å². The molecule has 1 heterocycles. The molecule has 0 bridgehead atoms. The summed E-state index contributed by atoms with van der Waals surface area (Å²) in [7, 11) is 0. The van der Waals surface area contributed by atoms with E-state index in [1.54, 1.807) is 12.1 Å². The first-order valence-corrected chi connectivity index (χ1v) is 6.74. The van der Waals surface area contributed by atoms with Gasteiger partial charge in [0.25, 0.3) is 0 Å². The van der Waals surface area contributed by atoms with Gasteiger partial charge in [-0.1, -0.05) is 25.5 Å². The van der Waals surface area contributed by atoms with Crippen LogP contribution in [0.15, 0.2) is 30.3 Å². The zero-order chi connectivity index (χ0) is 13.1. The quantitative estimate of drug-likeness (QED) is 0.867. The van der Waals surface area contributed by atoms with Crippen LogP contribution in [0.3, 0.4) is 0 Å². The summed E-state index contributed by atoms with van der Waals surface area (Å²) in [6.07, 6.45) is 1.90. The van der Waals surface area contributed by atoms with Crippen LogP contribution in [0.2, 0.25) is 0 Å². The predicted molar refractivity (Wildman–Crippen MR) is 71.5 cm³/mol. The fourth-order valence-corrected chi connectivity index (χ4v) is 2.91. The van der Waals surface area contributed by atoms with E-state index in [4.69, 9.17) is 5.73 Å². The van der Waals surface area contributed by atoms with Crippen molar-refractivity contribution in [3.05, 3.63) is 46.8 Å². The van der Waals surface area contributed by atoms with Crippen molar-refractivity contribution in [2.45, 2.75) is 25.8 Å². The highest BCUT2D eigenvalue weighted by molar-refractivity contribution is 7.15. The summed E-state index contributed by atoms with van der Waals surface area (Å²) in [6, 6.07) is 7.89. The topological polar surface area (TPSA) is 26.0 Å². The molecule has 0 spiro atoms. The Morgan fingerprint density at radius 3 is 2.72 bits per heavy atom. The summed E-state index contributed by atoms with van der Waals surface area (Å²) >= 11 is 1.43. The second kappa shape index (κ2) is 5.59. The highest BCUT2D eigenvalue weighted by Crippen LogP contribution is 2.33. The average Bonchev–Trinajstić information content (AvgIpc) is 2.82. The molecule has 0 amide bonds. The third-order valence-corrected chi connectivity index (χ3v) is 4.06. The van der Waals surface area contributed by atoms with Crippen LogP contribution in [0, 0.1) is 11.6 Å². The number of rotatable bonds is 4. The van der Waals surface area contributed by atoms with Gasteiger partial charge < -0.3 is 5.73 Å². The number of hydrogen-bond donors (Lipinski definition) is 1. The molecule has 0 aliphatic rings. The second-order valence-corrected chi connectivity index (χ2v) is 5.31. The minimum absolute atomic E-state index is 0.0228. The van der Waals surface area contributed by atoms with Gasteiger partial charge in [-0.25, -0.2) is 8.78 Å². The van der Waals surface area contributed by atoms with Crippen LogP contribution in [-0.2, 0) is 0 Å². The summed E-state index contributed by atoms with van der Waals surface area (Å²) in [5.41, 5.74) is 6.31. The molecule has 0 fully saturated rings. The van der Waals surface area contributed by atoms with Crippen molar-refractivity contribution in [2.24, 2.45) is 5.73 Å². The molecule has 4 heteroatoms. The molecule has 1 atom stereocenters. The lowest BCUT2D eigenvalue weighted by Gasteiger charge is -2.06. The zero-order valence-corrected chi connectivity index (χ0v) is 10.9. The molecule has 1 aromatic heterocycles. The molecule has 1 aromatic carbocycles. The van der Waals surface area contributed by atoms with Gasteiger partial charge in [0.15, 0.2) is 11.6 Å². The number of hydrogen-bond acceptors (Lipinski definition) is 2. The van der Waals surface area contributed by atoms with E-state index in [0.29, 0.717) is 10.4 Å². The van der Waals surface area contributed by atoms with Crippen LogP contribution in [0.1, 0.15) is 30.7 Å². The number of thiophene rings is 1. The third kappa shape index (κ3) is 2.60. The minimum atomic E-state index is -0.819. The molecule has 0 saturated heterocycles. The van der Waals surface area contributed by atoms with Crippen LogP contribution in [0.5, 0.6) is 0 Å². The molecule has 2 rings (SSSR count). The Bertz CT molecular complexity index is 536. The summed E-state index contributed by atoms with van der Waals surface area (Å²) in [5.74, 6) is -1.62. The standard InChI is InChI=1S/C14H15F2NS/c1-2-4-11(17)13-8-7-12(18-13)9-5-3-6-10(15)14(9)16/h3,5-8,11H,2,4,17H2,1H3. The molecule has 0 aliphatic heterocycles. The van der Waals surface area contributed by atoms with Gasteiger partial charge in [-0.15, -0.1) is 11.3 Å². The molecule has 1 unspecified atom stereocenters. The van der Waals surface area contributed by atoms with Crippen molar-refractivity contribution in [1.29, 1.82) is 0 Å². The Morgan fingerprint density at radius 1 is 1.22 bits per heavy atom. The van der Waals surface area contributed by atoms with Crippen LogP contribution in [0.4, 0.5) is 8.78 Å². The second-order valence-electron chi connectivity index (χ2n) is 4.20. The van der Waals surface area contributed by atoms with Gasteiger partial charge in [-0.2, -0.15) is 0 Å². The maximum Gasteiger partial charge on any atom is 0.167 e. The highest BCUT2D eigenvalue weighted by atomic mass is 32.1. The van der Waals surface area contributed by atoms with Gasteiger partial charge >= 0.3 is 0 Å². The van der Waals surface area contributed by atoms with Crippen molar-refractivity contribution in [3.63, 3.8) is 0 Å². The largest absolute Gasteiger partial charge is 0.323 e. The van der Waals surface area contributed by atoms with Crippen LogP contribution in [-0.4, -0.2) is 0 Å². The van der Waals surface area contributed by atoms with Crippen molar-refractivity contribution < 1.29 is 8.78 Å². The number of benzene rings is 1. The van der Waals surface area contributed by atoms with E-state index in [1.807, 2.05) is 6.07 Å². The van der Waals surface area contributed by atoms with Crippen LogP contribution in [0.25, 0.3) is 10.4 Å². The monoisotopic (exact) mass is 267 g/mol. The Hall–Kier alpha value is -1.26. The maximum atomic E-state index is 13.6. The summed E-state index contributed by atoms with van der Waals surface area (Å²) in [5, 5.41) is 0. The molecular formula is C14H15F2NS. The van der Waals surface area contributed by atoms with Gasteiger partial charge in [0, 0.05) is 21.4 Å². The summed E-state index contributed by atoms with van der Waals surface area (Å²) in [4.78, 5) is 1.73. The molecular weight excluding hydrogens is 252 g/mol. The van der Waals surface area contributed by atoms with E-state index in [-0.39, 0.29) is 6.04 Å². The third-order valence-electron chi connectivity index (χ3n) is 2.81. The first kappa shape index (κ1) is 13.2. The van der Waals surface area contributed by atoms with E-state index in [0.717, 1.165) is 23.8 Å². The first-order chi connectivity index (χ1) is 8.63. The summed E-state index contributed by atoms with van der Waals surface area (Å²) < 4.78 is 26.8. The number of halogens is 2. The molecule has 96 valence electrons. The van der Waals surface area contributed by atoms with E-state index in [1.165, 1.54) is 17.4 Å². The molecule has 2 aromatic rings. The lowest BCUT2D eigenvalue weighted by Crippen LogP contribution is -2.07. The van der Waals surface area contributed by atoms with Crippen LogP contribution >= 0.6 is 11.3 Å². The minimum Gasteiger partial charge on any atom is -0.323 e. The lowest BCUT2D eigenvalue weighted by atomic mass is 10.1. The van der Waals surface area contributed by atoms with Crippen LogP contribution < -0.4 is 5.73 Å². The van der Waals surface area contributed by atoms with Crippen molar-refractivity contribution >= 4 is 11.3 Å². The predicted octanol–water partition coefficient (Wildman–Crippen LogP) is 4.49. The smallest absolute Gasteiger partial charge is 0.167 e. The number of nitrogens with two attached hydrogens (primary N) is 1. The Morgan fingerprint density at radius 2 is 2.00 bits per heavy atom. The van der Waals surface area contributed by atoms with Gasteiger partial charge in [0.2, 0.25) is 0 Å². The van der Waals surface area contributed by atoms with Gasteiger partial charge in [-0.3, -0.25) is 0 Å². The molecule has 2 N–H and O–H groups in total. The molecule has 0 aliphatic carbocycles. The van der Waals surface area contributed by atoms with Gasteiger partial charge in [0.05, 0.1) is 0 Å². The molecule has 18 heavy (non-hydrogen) atoms. The first-order valence-electron chi connectivity index (χ1n) is 5.93. The lowest BCUT2D eigenvalue weighted by molar-refractivity contribution is 0.511. The van der Waals surface area contributed by atoms with Crippen molar-refractivity contribution in [1.82, 2.24) is 0 Å². The average molecular weight is 267 g/mol. The molecule has 0 radical (unpaired) electrons. The fourth-order valence-electron chi connectivity index (χ4n) is 1.84. The van der Waals surface area contributed by atoms with E-state index < -0.39 is 11.6 Å². The molecule has 1 nitrogen and oxygen atoms in total. The van der Waals surface area contributed by atoms with E-state index >= 15 is 0 Å². The van der Waals surface area contributed by atoms with E-state index in [9.17, 15) is 8.78 Å². The maximum absolute atomic E-state index is 13.6. The summed E-state index contributed by atoms with van der Waals surface area (Å²) in [6.45, 7) is 2.07. The Balaban J connectivity index is 2.32.